The lowest BCUT2D eigenvalue weighted by molar-refractivity contribution is -0.111. The van der Waals surface area contributed by atoms with Crippen molar-refractivity contribution >= 4 is 40.3 Å². The van der Waals surface area contributed by atoms with E-state index in [4.69, 9.17) is 16.7 Å². The predicted octanol–water partition coefficient (Wildman–Crippen LogP) is 5.33. The summed E-state index contributed by atoms with van der Waals surface area (Å²) in [6.07, 6.45) is -0.319. The standard InChI is InChI=1S/C24H23ClN4O/c1-17(30)23-26-29(21-9-5-4-6-10-21)24(18-12-14-20(15-13-18)27(2)3)28(23)22-11-7-8-19(25)16-22/h4-16,24H,1-3H3/t24-/m1/s1. The van der Waals surface area contributed by atoms with Gasteiger partial charge in [0, 0.05) is 37.4 Å². The van der Waals surface area contributed by atoms with Gasteiger partial charge in [-0.3, -0.25) is 9.69 Å². The molecule has 0 aliphatic carbocycles. The van der Waals surface area contributed by atoms with Crippen molar-refractivity contribution in [2.75, 3.05) is 28.9 Å². The molecule has 0 bridgehead atoms. The van der Waals surface area contributed by atoms with E-state index in [9.17, 15) is 4.79 Å². The van der Waals surface area contributed by atoms with Crippen LogP contribution in [-0.2, 0) is 4.79 Å². The number of para-hydroxylation sites is 1. The lowest BCUT2D eigenvalue weighted by Gasteiger charge is -2.32. The minimum absolute atomic E-state index is 0.108. The molecule has 0 saturated carbocycles. The Morgan fingerprint density at radius 2 is 1.60 bits per heavy atom. The van der Waals surface area contributed by atoms with Gasteiger partial charge in [0.05, 0.1) is 5.69 Å². The van der Waals surface area contributed by atoms with Gasteiger partial charge in [-0.2, -0.15) is 0 Å². The van der Waals surface area contributed by atoms with Gasteiger partial charge in [-0.25, -0.2) is 5.01 Å². The molecule has 0 spiro atoms. The van der Waals surface area contributed by atoms with E-state index >= 15 is 0 Å². The molecule has 0 amide bonds. The van der Waals surface area contributed by atoms with E-state index in [1.54, 1.807) is 0 Å². The number of benzene rings is 3. The third-order valence-electron chi connectivity index (χ3n) is 5.04. The number of rotatable bonds is 5. The molecule has 1 heterocycles. The summed E-state index contributed by atoms with van der Waals surface area (Å²) in [5, 5.41) is 7.23. The number of hydrogen-bond acceptors (Lipinski definition) is 5. The Hall–Kier alpha value is -3.31. The van der Waals surface area contributed by atoms with E-state index in [2.05, 4.69) is 29.2 Å². The normalized spacial score (nSPS) is 15.9. The van der Waals surface area contributed by atoms with Crippen LogP contribution in [0.1, 0.15) is 18.7 Å². The van der Waals surface area contributed by atoms with Crippen molar-refractivity contribution in [3.05, 3.63) is 89.4 Å². The van der Waals surface area contributed by atoms with Gasteiger partial charge in [-0.15, -0.1) is 5.10 Å². The quantitative estimate of drug-likeness (QED) is 0.561. The van der Waals surface area contributed by atoms with E-state index in [-0.39, 0.29) is 11.9 Å². The van der Waals surface area contributed by atoms with Gasteiger partial charge in [0.2, 0.25) is 0 Å². The average Bonchev–Trinajstić information content (AvgIpc) is 3.15. The Labute approximate surface area is 181 Å². The van der Waals surface area contributed by atoms with Crippen LogP contribution < -0.4 is 14.8 Å². The van der Waals surface area contributed by atoms with E-state index in [1.165, 1.54) is 6.92 Å². The van der Waals surface area contributed by atoms with Crippen molar-refractivity contribution < 1.29 is 4.79 Å². The average molecular weight is 419 g/mol. The second-order valence-electron chi connectivity index (χ2n) is 7.37. The minimum Gasteiger partial charge on any atom is -0.378 e. The third-order valence-corrected chi connectivity index (χ3v) is 5.27. The molecular weight excluding hydrogens is 396 g/mol. The highest BCUT2D eigenvalue weighted by Gasteiger charge is 2.39. The van der Waals surface area contributed by atoms with Crippen LogP contribution in [0.5, 0.6) is 0 Å². The summed E-state index contributed by atoms with van der Waals surface area (Å²) < 4.78 is 0. The zero-order chi connectivity index (χ0) is 21.3. The number of nitrogens with zero attached hydrogens (tertiary/aromatic N) is 4. The Morgan fingerprint density at radius 3 is 2.20 bits per heavy atom. The maximum Gasteiger partial charge on any atom is 0.198 e. The number of hydrazone groups is 1. The summed E-state index contributed by atoms with van der Waals surface area (Å²) >= 11 is 6.28. The highest BCUT2D eigenvalue weighted by Crippen LogP contribution is 2.39. The van der Waals surface area contributed by atoms with Crippen LogP contribution in [-0.4, -0.2) is 25.7 Å². The van der Waals surface area contributed by atoms with Crippen molar-refractivity contribution in [1.82, 2.24) is 0 Å². The molecule has 0 saturated heterocycles. The van der Waals surface area contributed by atoms with Gasteiger partial charge >= 0.3 is 0 Å². The van der Waals surface area contributed by atoms with Gasteiger partial charge in [-0.05, 0) is 48.0 Å². The first-order chi connectivity index (χ1) is 14.5. The van der Waals surface area contributed by atoms with Crippen LogP contribution in [0.15, 0.2) is 84.0 Å². The summed E-state index contributed by atoms with van der Waals surface area (Å²) in [7, 11) is 4.02. The first-order valence-corrected chi connectivity index (χ1v) is 10.1. The molecule has 0 aromatic heterocycles. The monoisotopic (exact) mass is 418 g/mol. The smallest absolute Gasteiger partial charge is 0.198 e. The second-order valence-corrected chi connectivity index (χ2v) is 7.81. The number of carbonyl (C=O) groups is 1. The van der Waals surface area contributed by atoms with Crippen molar-refractivity contribution in [2.45, 2.75) is 13.1 Å². The molecule has 0 N–H and O–H groups in total. The first-order valence-electron chi connectivity index (χ1n) is 9.71. The predicted molar refractivity (Wildman–Crippen MR) is 124 cm³/mol. The van der Waals surface area contributed by atoms with Crippen LogP contribution in [0, 0.1) is 0 Å². The molecule has 0 fully saturated rings. The van der Waals surface area contributed by atoms with E-state index in [0.29, 0.717) is 10.9 Å². The summed E-state index contributed by atoms with van der Waals surface area (Å²) in [5.74, 6) is 0.270. The lowest BCUT2D eigenvalue weighted by atomic mass is 10.1. The summed E-state index contributed by atoms with van der Waals surface area (Å²) in [6.45, 7) is 1.54. The van der Waals surface area contributed by atoms with Gasteiger partial charge < -0.3 is 4.90 Å². The number of ketones is 1. The fourth-order valence-corrected chi connectivity index (χ4v) is 3.76. The molecule has 6 heteroatoms. The highest BCUT2D eigenvalue weighted by molar-refractivity contribution is 6.44. The molecule has 30 heavy (non-hydrogen) atoms. The van der Waals surface area contributed by atoms with Crippen LogP contribution in [0.3, 0.4) is 0 Å². The number of Topliss-reactive ketones (excluding diaryl/α,β-unsaturated/α-hetero) is 1. The molecule has 1 atom stereocenters. The maximum atomic E-state index is 12.6. The summed E-state index contributed by atoms with van der Waals surface area (Å²) in [5.41, 5.74) is 3.84. The molecule has 152 valence electrons. The Kier molecular flexibility index (Phi) is 5.46. The van der Waals surface area contributed by atoms with E-state index in [1.807, 2.05) is 78.6 Å². The zero-order valence-corrected chi connectivity index (χ0v) is 17.9. The topological polar surface area (TPSA) is 39.2 Å². The molecule has 0 unspecified atom stereocenters. The number of carbonyl (C=O) groups excluding carboxylic acids is 1. The molecular formula is C24H23ClN4O. The van der Waals surface area contributed by atoms with Crippen LogP contribution in [0.4, 0.5) is 17.1 Å². The lowest BCUT2D eigenvalue weighted by Crippen LogP contribution is -2.37. The molecule has 4 rings (SSSR count). The van der Waals surface area contributed by atoms with Gasteiger partial charge in [0.15, 0.2) is 17.8 Å². The molecule has 1 aliphatic heterocycles. The van der Waals surface area contributed by atoms with Crippen LogP contribution in [0.2, 0.25) is 5.02 Å². The Morgan fingerprint density at radius 1 is 0.933 bits per heavy atom. The maximum absolute atomic E-state index is 12.6. The number of hydrogen-bond donors (Lipinski definition) is 0. The summed E-state index contributed by atoms with van der Waals surface area (Å²) in [4.78, 5) is 16.6. The van der Waals surface area contributed by atoms with Gasteiger partial charge in [-0.1, -0.05) is 48.0 Å². The van der Waals surface area contributed by atoms with Crippen molar-refractivity contribution in [2.24, 2.45) is 5.10 Å². The SMILES string of the molecule is CC(=O)C1=NN(c2ccccc2)[C@H](c2ccc(N(C)C)cc2)N1c1cccc(Cl)c1. The zero-order valence-electron chi connectivity index (χ0n) is 17.2. The molecule has 3 aromatic rings. The fraction of sp³-hybridized carbons (Fsp3) is 0.167. The first kappa shape index (κ1) is 20.0. The highest BCUT2D eigenvalue weighted by atomic mass is 35.5. The van der Waals surface area contributed by atoms with Crippen LogP contribution in [0.25, 0.3) is 0 Å². The van der Waals surface area contributed by atoms with E-state index in [0.717, 1.165) is 22.6 Å². The van der Waals surface area contributed by atoms with Gasteiger partial charge in [0.25, 0.3) is 0 Å². The molecule has 0 radical (unpaired) electrons. The molecule has 1 aliphatic rings. The number of halogens is 1. The largest absolute Gasteiger partial charge is 0.378 e. The van der Waals surface area contributed by atoms with Crippen molar-refractivity contribution in [1.29, 1.82) is 0 Å². The number of amidine groups is 1. The van der Waals surface area contributed by atoms with Crippen molar-refractivity contribution in [3.8, 4) is 0 Å². The fourth-order valence-electron chi connectivity index (χ4n) is 3.57. The Balaban J connectivity index is 1.88. The number of anilines is 3. The van der Waals surface area contributed by atoms with Crippen LogP contribution >= 0.6 is 11.6 Å². The van der Waals surface area contributed by atoms with E-state index < -0.39 is 0 Å². The molecule has 3 aromatic carbocycles. The second kappa shape index (κ2) is 8.20. The summed E-state index contributed by atoms with van der Waals surface area (Å²) in [6, 6.07) is 25.7. The minimum atomic E-state index is -0.319. The Bertz CT molecular complexity index is 1080. The molecule has 5 nitrogen and oxygen atoms in total. The van der Waals surface area contributed by atoms with Gasteiger partial charge in [0.1, 0.15) is 0 Å². The third kappa shape index (κ3) is 3.76. The van der Waals surface area contributed by atoms with Crippen molar-refractivity contribution in [3.63, 3.8) is 0 Å².